The smallest absolute Gasteiger partial charge is 0.183 e. The first-order valence-electron chi connectivity index (χ1n) is 4.25. The van der Waals surface area contributed by atoms with Crippen LogP contribution in [0.5, 0.6) is 11.5 Å². The maximum Gasteiger partial charge on any atom is 0.183 e. The van der Waals surface area contributed by atoms with Crippen LogP contribution in [0, 0.1) is 0 Å². The molecule has 0 amide bonds. The highest BCUT2D eigenvalue weighted by Crippen LogP contribution is 2.16. The Morgan fingerprint density at radius 2 is 1.86 bits per heavy atom. The van der Waals surface area contributed by atoms with Gasteiger partial charge in [0.2, 0.25) is 0 Å². The highest BCUT2D eigenvalue weighted by atomic mass is 16.5. The molecule has 0 spiro atoms. The fraction of sp³-hybridized carbons (Fsp3) is 0.300. The minimum Gasteiger partial charge on any atom is -0.497 e. The minimum atomic E-state index is -0.124. The van der Waals surface area contributed by atoms with Crippen molar-refractivity contribution >= 4 is 5.78 Å². The molecule has 4 heteroatoms. The Kier molecular flexibility index (Phi) is 3.94. The molecule has 0 atom stereocenters. The molecular weight excluding hydrogens is 182 g/mol. The molecule has 0 aliphatic carbocycles. The SMILES string of the molecule is COc1ccc(OCC(=O)CN)cc1. The molecule has 0 aliphatic heterocycles. The van der Waals surface area contributed by atoms with Gasteiger partial charge in [-0.3, -0.25) is 4.79 Å². The van der Waals surface area contributed by atoms with Crippen LogP contribution in [-0.4, -0.2) is 26.0 Å². The van der Waals surface area contributed by atoms with Crippen molar-refractivity contribution < 1.29 is 14.3 Å². The van der Waals surface area contributed by atoms with Crippen LogP contribution in [0.25, 0.3) is 0 Å². The van der Waals surface area contributed by atoms with E-state index in [1.165, 1.54) is 0 Å². The number of nitrogens with two attached hydrogens (primary N) is 1. The van der Waals surface area contributed by atoms with Crippen molar-refractivity contribution in [2.45, 2.75) is 0 Å². The molecule has 14 heavy (non-hydrogen) atoms. The monoisotopic (exact) mass is 195 g/mol. The minimum absolute atomic E-state index is 0.0101. The Morgan fingerprint density at radius 3 is 2.36 bits per heavy atom. The highest BCUT2D eigenvalue weighted by molar-refractivity contribution is 5.81. The van der Waals surface area contributed by atoms with Crippen LogP contribution in [0.1, 0.15) is 0 Å². The third kappa shape index (κ3) is 3.06. The third-order valence-electron chi connectivity index (χ3n) is 1.69. The molecule has 4 nitrogen and oxygen atoms in total. The number of ketones is 1. The zero-order valence-electron chi connectivity index (χ0n) is 8.03. The molecular formula is C10H13NO3. The van der Waals surface area contributed by atoms with E-state index in [2.05, 4.69) is 0 Å². The molecule has 2 N–H and O–H groups in total. The maximum absolute atomic E-state index is 10.8. The average molecular weight is 195 g/mol. The highest BCUT2D eigenvalue weighted by Gasteiger charge is 2.00. The molecule has 0 fully saturated rings. The van der Waals surface area contributed by atoms with Gasteiger partial charge < -0.3 is 15.2 Å². The lowest BCUT2D eigenvalue weighted by molar-refractivity contribution is -0.119. The van der Waals surface area contributed by atoms with Crippen molar-refractivity contribution in [2.24, 2.45) is 5.73 Å². The van der Waals surface area contributed by atoms with Crippen LogP contribution >= 0.6 is 0 Å². The van der Waals surface area contributed by atoms with Gasteiger partial charge in [0.1, 0.15) is 18.1 Å². The van der Waals surface area contributed by atoms with E-state index in [0.29, 0.717) is 5.75 Å². The van der Waals surface area contributed by atoms with Gasteiger partial charge in [-0.05, 0) is 24.3 Å². The molecule has 76 valence electrons. The normalized spacial score (nSPS) is 9.57. The van der Waals surface area contributed by atoms with Gasteiger partial charge in [0.05, 0.1) is 13.7 Å². The maximum atomic E-state index is 10.8. The van der Waals surface area contributed by atoms with E-state index in [1.54, 1.807) is 31.4 Å². The predicted molar refractivity (Wildman–Crippen MR) is 52.6 cm³/mol. The lowest BCUT2D eigenvalue weighted by Gasteiger charge is -2.05. The largest absolute Gasteiger partial charge is 0.497 e. The molecule has 0 heterocycles. The summed E-state index contributed by atoms with van der Waals surface area (Å²) in [4.78, 5) is 10.8. The van der Waals surface area contributed by atoms with Gasteiger partial charge in [0.25, 0.3) is 0 Å². The summed E-state index contributed by atoms with van der Waals surface area (Å²) in [7, 11) is 1.59. The van der Waals surface area contributed by atoms with E-state index in [1.807, 2.05) is 0 Å². The molecule has 1 rings (SSSR count). The molecule has 0 radical (unpaired) electrons. The molecule has 1 aromatic rings. The summed E-state index contributed by atoms with van der Waals surface area (Å²) < 4.78 is 10.1. The van der Waals surface area contributed by atoms with E-state index in [0.717, 1.165) is 5.75 Å². The summed E-state index contributed by atoms with van der Waals surface area (Å²) in [6, 6.07) is 7.01. The molecule has 0 saturated carbocycles. The fourth-order valence-electron chi connectivity index (χ4n) is 0.895. The number of rotatable bonds is 5. The van der Waals surface area contributed by atoms with Gasteiger partial charge in [-0.15, -0.1) is 0 Å². The molecule has 0 aromatic heterocycles. The number of carbonyl (C=O) groups excluding carboxylic acids is 1. The van der Waals surface area contributed by atoms with Crippen LogP contribution < -0.4 is 15.2 Å². The molecule has 0 saturated heterocycles. The van der Waals surface area contributed by atoms with Crippen molar-refractivity contribution in [1.29, 1.82) is 0 Å². The second-order valence-electron chi connectivity index (χ2n) is 2.71. The van der Waals surface area contributed by atoms with Crippen molar-refractivity contribution in [3.8, 4) is 11.5 Å². The van der Waals surface area contributed by atoms with E-state index in [4.69, 9.17) is 15.2 Å². The van der Waals surface area contributed by atoms with Crippen molar-refractivity contribution in [1.82, 2.24) is 0 Å². The molecule has 1 aromatic carbocycles. The topological polar surface area (TPSA) is 61.5 Å². The number of Topliss-reactive ketones (excluding diaryl/α,β-unsaturated/α-hetero) is 1. The summed E-state index contributed by atoms with van der Waals surface area (Å²) in [5.41, 5.74) is 5.13. The van der Waals surface area contributed by atoms with Gasteiger partial charge in [-0.2, -0.15) is 0 Å². The second-order valence-corrected chi connectivity index (χ2v) is 2.71. The van der Waals surface area contributed by atoms with Crippen LogP contribution in [0.15, 0.2) is 24.3 Å². The molecule has 0 bridgehead atoms. The first-order valence-corrected chi connectivity index (χ1v) is 4.25. The lowest BCUT2D eigenvalue weighted by atomic mass is 10.3. The quantitative estimate of drug-likeness (QED) is 0.747. The zero-order chi connectivity index (χ0) is 10.4. The standard InChI is InChI=1S/C10H13NO3/c1-13-9-2-4-10(5-3-9)14-7-8(12)6-11/h2-5H,6-7,11H2,1H3. The summed E-state index contributed by atoms with van der Waals surface area (Å²) in [5, 5.41) is 0. The van der Waals surface area contributed by atoms with Crippen molar-refractivity contribution in [3.63, 3.8) is 0 Å². The van der Waals surface area contributed by atoms with Crippen LogP contribution in [0.3, 0.4) is 0 Å². The first-order chi connectivity index (χ1) is 6.76. The summed E-state index contributed by atoms with van der Waals surface area (Å²) >= 11 is 0. The Balaban J connectivity index is 2.47. The average Bonchev–Trinajstić information content (AvgIpc) is 2.26. The summed E-state index contributed by atoms with van der Waals surface area (Å²) in [6.45, 7) is 0.0268. The zero-order valence-corrected chi connectivity index (χ0v) is 8.03. The van der Waals surface area contributed by atoms with Gasteiger partial charge in [-0.1, -0.05) is 0 Å². The van der Waals surface area contributed by atoms with Gasteiger partial charge in [0.15, 0.2) is 5.78 Å². The summed E-state index contributed by atoms with van der Waals surface area (Å²) in [6.07, 6.45) is 0. The number of hydrogen-bond acceptors (Lipinski definition) is 4. The first kappa shape index (κ1) is 10.5. The van der Waals surface area contributed by atoms with Crippen LogP contribution in [-0.2, 0) is 4.79 Å². The lowest BCUT2D eigenvalue weighted by Crippen LogP contribution is -2.20. The third-order valence-corrected chi connectivity index (χ3v) is 1.69. The van der Waals surface area contributed by atoms with Crippen molar-refractivity contribution in [3.05, 3.63) is 24.3 Å². The Labute approximate surface area is 82.6 Å². The number of hydrogen-bond donors (Lipinski definition) is 1. The van der Waals surface area contributed by atoms with E-state index in [9.17, 15) is 4.79 Å². The van der Waals surface area contributed by atoms with E-state index in [-0.39, 0.29) is 18.9 Å². The van der Waals surface area contributed by atoms with Crippen LogP contribution in [0.4, 0.5) is 0 Å². The number of methoxy groups -OCH3 is 1. The number of benzene rings is 1. The Hall–Kier alpha value is -1.55. The van der Waals surface area contributed by atoms with Gasteiger partial charge in [0, 0.05) is 0 Å². The Bertz CT molecular complexity index is 295. The predicted octanol–water partition coefficient (Wildman–Crippen LogP) is 0.602. The van der Waals surface area contributed by atoms with E-state index >= 15 is 0 Å². The summed E-state index contributed by atoms with van der Waals surface area (Å²) in [5.74, 6) is 1.26. The Morgan fingerprint density at radius 1 is 1.29 bits per heavy atom. The molecule has 0 aliphatic rings. The fourth-order valence-corrected chi connectivity index (χ4v) is 0.895. The number of ether oxygens (including phenoxy) is 2. The van der Waals surface area contributed by atoms with Crippen molar-refractivity contribution in [2.75, 3.05) is 20.3 Å². The van der Waals surface area contributed by atoms with Gasteiger partial charge in [-0.25, -0.2) is 0 Å². The van der Waals surface area contributed by atoms with Gasteiger partial charge >= 0.3 is 0 Å². The second kappa shape index (κ2) is 5.24. The van der Waals surface area contributed by atoms with Crippen LogP contribution in [0.2, 0.25) is 0 Å². The number of carbonyl (C=O) groups is 1. The van der Waals surface area contributed by atoms with E-state index < -0.39 is 0 Å². The molecule has 0 unspecified atom stereocenters.